The van der Waals surface area contributed by atoms with E-state index in [9.17, 15) is 0 Å². The van der Waals surface area contributed by atoms with Crippen molar-refractivity contribution in [2.45, 2.75) is 13.3 Å². The predicted molar refractivity (Wildman–Crippen MR) is 270 cm³/mol. The highest BCUT2D eigenvalue weighted by molar-refractivity contribution is 6.11. The molecule has 0 unspecified atom stereocenters. The molecule has 0 saturated carbocycles. The second-order valence-electron chi connectivity index (χ2n) is 16.6. The van der Waals surface area contributed by atoms with E-state index in [0.29, 0.717) is 0 Å². The van der Waals surface area contributed by atoms with Crippen molar-refractivity contribution in [3.05, 3.63) is 225 Å². The van der Waals surface area contributed by atoms with Crippen LogP contribution in [0.5, 0.6) is 0 Å². The molecular weight excluding hydrogens is 807 g/mol. The Morgan fingerprint density at radius 3 is 1.59 bits per heavy atom. The molecule has 7 heterocycles. The van der Waals surface area contributed by atoms with Gasteiger partial charge in [0.2, 0.25) is 0 Å². The second-order valence-corrected chi connectivity index (χ2v) is 16.6. The van der Waals surface area contributed by atoms with E-state index in [1.165, 1.54) is 22.3 Å². The molecule has 7 heteroatoms. The Balaban J connectivity index is 0.00000148. The fraction of sp³-hybridized carbons (Fsp3) is 0.0339. The van der Waals surface area contributed by atoms with Crippen molar-refractivity contribution < 1.29 is 0 Å². The van der Waals surface area contributed by atoms with E-state index in [1.54, 1.807) is 6.08 Å². The molecule has 0 amide bonds. The first-order valence-electron chi connectivity index (χ1n) is 22.1. The summed E-state index contributed by atoms with van der Waals surface area (Å²) in [4.78, 5) is 24.7. The third-order valence-corrected chi connectivity index (χ3v) is 12.6. The van der Waals surface area contributed by atoms with E-state index >= 15 is 0 Å². The number of hydrogen-bond donors (Lipinski definition) is 0. The van der Waals surface area contributed by atoms with Gasteiger partial charge in [-0.2, -0.15) is 0 Å². The standard InChI is InChI=1S/C56H35N7.C3H6/c1-3-9-35(10-4-1)39-26-41(32-58-30-39)49-18-21-53-55(60-49)56-54(22-19-50(61-56)42-27-40(31-59-33-42)36-11-5-2-6-12-36)63(53)44-17-20-51-47(29-44)48-34-57-24-23-52(48)62(51)43-16-15-38-25-37-13-7-8-14-45(37)46(38)28-43;1-3-2/h1-24,26-34H,25H2;3H,1H2,2H3. The number of allylic oxidation sites excluding steroid dienone is 1. The molecule has 0 spiro atoms. The fourth-order valence-electron chi connectivity index (χ4n) is 9.60. The maximum Gasteiger partial charge on any atom is 0.116 e. The zero-order valence-corrected chi connectivity index (χ0v) is 36.2. The van der Waals surface area contributed by atoms with Gasteiger partial charge in [-0.05, 0) is 120 Å². The van der Waals surface area contributed by atoms with Crippen molar-refractivity contribution in [2.24, 2.45) is 0 Å². The van der Waals surface area contributed by atoms with E-state index in [-0.39, 0.29) is 0 Å². The third kappa shape index (κ3) is 6.56. The lowest BCUT2D eigenvalue weighted by Crippen LogP contribution is -1.97. The molecule has 13 rings (SSSR count). The normalized spacial score (nSPS) is 11.7. The minimum Gasteiger partial charge on any atom is -0.309 e. The van der Waals surface area contributed by atoms with Crippen molar-refractivity contribution in [3.63, 3.8) is 0 Å². The zero-order valence-electron chi connectivity index (χ0n) is 36.2. The largest absolute Gasteiger partial charge is 0.309 e. The van der Waals surface area contributed by atoms with Crippen LogP contribution >= 0.6 is 0 Å². The number of nitrogens with zero attached hydrogens (tertiary/aromatic N) is 7. The highest BCUT2D eigenvalue weighted by Crippen LogP contribution is 2.41. The molecule has 5 aromatic carbocycles. The summed E-state index contributed by atoms with van der Waals surface area (Å²) in [6.45, 7) is 5.25. The van der Waals surface area contributed by atoms with Crippen LogP contribution in [-0.2, 0) is 6.42 Å². The van der Waals surface area contributed by atoms with Crippen LogP contribution in [0.3, 0.4) is 0 Å². The lowest BCUT2D eigenvalue weighted by atomic mass is 10.0. The lowest BCUT2D eigenvalue weighted by molar-refractivity contribution is 1.16. The van der Waals surface area contributed by atoms with Crippen LogP contribution in [0.4, 0.5) is 0 Å². The molecule has 0 N–H and O–H groups in total. The summed E-state index contributed by atoms with van der Waals surface area (Å²) >= 11 is 0. The third-order valence-electron chi connectivity index (χ3n) is 12.6. The molecule has 1 aliphatic rings. The number of rotatable bonds is 6. The van der Waals surface area contributed by atoms with Crippen LogP contribution in [0, 0.1) is 0 Å². The van der Waals surface area contributed by atoms with Crippen molar-refractivity contribution in [3.8, 4) is 67.3 Å². The number of aromatic nitrogens is 7. The van der Waals surface area contributed by atoms with Crippen LogP contribution in [0.25, 0.3) is 111 Å². The van der Waals surface area contributed by atoms with Gasteiger partial charge in [0.15, 0.2) is 0 Å². The highest BCUT2D eigenvalue weighted by atomic mass is 15.0. The summed E-state index contributed by atoms with van der Waals surface area (Å²) in [7, 11) is 0. The molecule has 0 atom stereocenters. The van der Waals surface area contributed by atoms with Gasteiger partial charge in [0, 0.05) is 81.6 Å². The topological polar surface area (TPSA) is 74.3 Å². The summed E-state index contributed by atoms with van der Waals surface area (Å²) in [5.41, 5.74) is 21.1. The summed E-state index contributed by atoms with van der Waals surface area (Å²) in [5.74, 6) is 0. The summed E-state index contributed by atoms with van der Waals surface area (Å²) in [6.07, 6.45) is 14.2. The average Bonchev–Trinajstić information content (AvgIpc) is 4.04. The predicted octanol–water partition coefficient (Wildman–Crippen LogP) is 14.3. The van der Waals surface area contributed by atoms with Gasteiger partial charge < -0.3 is 9.13 Å². The minimum absolute atomic E-state index is 0.809. The monoisotopic (exact) mass is 847 g/mol. The van der Waals surface area contributed by atoms with E-state index in [0.717, 1.165) is 106 Å². The Labute approximate surface area is 381 Å². The molecule has 312 valence electrons. The van der Waals surface area contributed by atoms with Gasteiger partial charge in [0.05, 0.1) is 33.5 Å². The van der Waals surface area contributed by atoms with Crippen LogP contribution in [0.15, 0.2) is 214 Å². The van der Waals surface area contributed by atoms with Gasteiger partial charge in [-0.1, -0.05) is 97.1 Å². The van der Waals surface area contributed by atoms with Crippen molar-refractivity contribution in [2.75, 3.05) is 0 Å². The Hall–Kier alpha value is -8.81. The maximum atomic E-state index is 5.40. The molecule has 12 aromatic rings. The molecule has 0 radical (unpaired) electrons. The van der Waals surface area contributed by atoms with E-state index in [4.69, 9.17) is 9.97 Å². The molecule has 0 fully saturated rings. The number of pyridine rings is 5. The minimum atomic E-state index is 0.809. The first-order chi connectivity index (χ1) is 32.6. The summed E-state index contributed by atoms with van der Waals surface area (Å²) < 4.78 is 4.67. The molecule has 0 aliphatic heterocycles. The zero-order chi connectivity index (χ0) is 44.1. The van der Waals surface area contributed by atoms with Gasteiger partial charge in [-0.25, -0.2) is 9.97 Å². The number of fused-ring (bicyclic) bond motifs is 9. The Morgan fingerprint density at radius 1 is 0.424 bits per heavy atom. The summed E-state index contributed by atoms with van der Waals surface area (Å²) in [5, 5.41) is 2.21. The van der Waals surface area contributed by atoms with Gasteiger partial charge in [0.25, 0.3) is 0 Å². The maximum absolute atomic E-state index is 5.40. The van der Waals surface area contributed by atoms with Crippen molar-refractivity contribution in [1.82, 2.24) is 34.1 Å². The Morgan fingerprint density at radius 2 is 0.939 bits per heavy atom. The second kappa shape index (κ2) is 16.1. The first kappa shape index (κ1) is 38.8. The Kier molecular flexibility index (Phi) is 9.46. The first-order valence-corrected chi connectivity index (χ1v) is 22.1. The van der Waals surface area contributed by atoms with Crippen LogP contribution in [0.2, 0.25) is 0 Å². The van der Waals surface area contributed by atoms with Crippen molar-refractivity contribution >= 4 is 43.9 Å². The molecule has 7 nitrogen and oxygen atoms in total. The average molecular weight is 848 g/mol. The number of hydrogen-bond acceptors (Lipinski definition) is 5. The van der Waals surface area contributed by atoms with Crippen LogP contribution in [0.1, 0.15) is 18.1 Å². The van der Waals surface area contributed by atoms with Crippen molar-refractivity contribution in [1.29, 1.82) is 0 Å². The van der Waals surface area contributed by atoms with Gasteiger partial charge in [-0.15, -0.1) is 6.58 Å². The lowest BCUT2D eigenvalue weighted by Gasteiger charge is -2.12. The SMILES string of the molecule is C=CC.c1ccc(-c2cncc(-c3ccc4c(n3)c3nc(-c5cncc(-c6ccccc6)c5)ccc3n4-c3ccc4c(c3)c3cnccc3n4-c3ccc4c(c3)-c3ccccc3C4)c2)cc1. The molecule has 0 saturated heterocycles. The summed E-state index contributed by atoms with van der Waals surface area (Å²) in [6, 6.07) is 58.0. The number of benzene rings is 5. The molecule has 7 aromatic heterocycles. The van der Waals surface area contributed by atoms with Crippen LogP contribution in [-0.4, -0.2) is 34.1 Å². The van der Waals surface area contributed by atoms with E-state index in [2.05, 4.69) is 158 Å². The van der Waals surface area contributed by atoms with Gasteiger partial charge in [0.1, 0.15) is 11.0 Å². The van der Waals surface area contributed by atoms with Gasteiger partial charge in [-0.3, -0.25) is 15.0 Å². The fourth-order valence-corrected chi connectivity index (χ4v) is 9.60. The van der Waals surface area contributed by atoms with Gasteiger partial charge >= 0.3 is 0 Å². The quantitative estimate of drug-likeness (QED) is 0.156. The molecule has 66 heavy (non-hydrogen) atoms. The molecule has 0 bridgehead atoms. The molecular formula is C59H41N7. The van der Waals surface area contributed by atoms with E-state index < -0.39 is 0 Å². The molecule has 1 aliphatic carbocycles. The van der Waals surface area contributed by atoms with E-state index in [1.807, 2.05) is 80.5 Å². The smallest absolute Gasteiger partial charge is 0.116 e. The van der Waals surface area contributed by atoms with Crippen LogP contribution < -0.4 is 0 Å². The Bertz CT molecular complexity index is 3690. The highest BCUT2D eigenvalue weighted by Gasteiger charge is 2.22.